The number of aliphatic hydroxyl groups excluding tert-OH is 1. The van der Waals surface area contributed by atoms with E-state index >= 15 is 0 Å². The average molecular weight is 282 g/mol. The van der Waals surface area contributed by atoms with Gasteiger partial charge in [-0.3, -0.25) is 4.79 Å². The molecule has 0 bridgehead atoms. The van der Waals surface area contributed by atoms with Crippen molar-refractivity contribution in [2.24, 2.45) is 22.7 Å². The van der Waals surface area contributed by atoms with Gasteiger partial charge in [0.25, 0.3) is 0 Å². The van der Waals surface area contributed by atoms with Gasteiger partial charge >= 0.3 is 0 Å². The Labute approximate surface area is 125 Å². The second kappa shape index (κ2) is 3.60. The van der Waals surface area contributed by atoms with Crippen LogP contribution in [0, 0.1) is 22.7 Å². The molecule has 5 aliphatic carbocycles. The predicted molar refractivity (Wildman–Crippen MR) is 80.5 cm³/mol. The molecular formula is C19H22O2. The van der Waals surface area contributed by atoms with E-state index in [1.807, 2.05) is 6.08 Å². The molecule has 2 unspecified atom stereocenters. The summed E-state index contributed by atoms with van der Waals surface area (Å²) in [5, 5.41) is 10.5. The van der Waals surface area contributed by atoms with Crippen molar-refractivity contribution in [1.82, 2.24) is 0 Å². The highest BCUT2D eigenvalue weighted by Crippen LogP contribution is 2.79. The number of hydrogen-bond donors (Lipinski definition) is 1. The van der Waals surface area contributed by atoms with Gasteiger partial charge in [-0.2, -0.15) is 0 Å². The largest absolute Gasteiger partial charge is 0.392 e. The van der Waals surface area contributed by atoms with Gasteiger partial charge in [0, 0.05) is 11.8 Å². The zero-order valence-electron chi connectivity index (χ0n) is 12.6. The Morgan fingerprint density at radius 1 is 1.29 bits per heavy atom. The third-order valence-corrected chi connectivity index (χ3v) is 7.36. The fourth-order valence-electron chi connectivity index (χ4n) is 6.19. The van der Waals surface area contributed by atoms with Crippen LogP contribution in [0.5, 0.6) is 0 Å². The van der Waals surface area contributed by atoms with E-state index in [2.05, 4.69) is 19.1 Å². The van der Waals surface area contributed by atoms with Crippen molar-refractivity contribution >= 4 is 5.78 Å². The van der Waals surface area contributed by atoms with Crippen molar-refractivity contribution in [3.05, 3.63) is 34.9 Å². The van der Waals surface area contributed by atoms with Crippen LogP contribution in [-0.4, -0.2) is 17.0 Å². The fraction of sp³-hybridized carbons (Fsp3) is 0.632. The normalized spacial score (nSPS) is 50.1. The van der Waals surface area contributed by atoms with Crippen LogP contribution >= 0.6 is 0 Å². The molecule has 0 aromatic carbocycles. The highest BCUT2D eigenvalue weighted by atomic mass is 16.3. The third-order valence-electron chi connectivity index (χ3n) is 7.36. The van der Waals surface area contributed by atoms with E-state index in [-0.39, 0.29) is 11.5 Å². The number of allylic oxidation sites excluding steroid dienone is 5. The summed E-state index contributed by atoms with van der Waals surface area (Å²) in [6.07, 6.45) is 12.5. The molecule has 0 saturated heterocycles. The zero-order chi connectivity index (χ0) is 14.4. The fourth-order valence-corrected chi connectivity index (χ4v) is 6.19. The maximum absolute atomic E-state index is 11.7. The molecule has 1 N–H and O–H groups in total. The molecule has 5 atom stereocenters. The molecule has 2 heteroatoms. The molecular weight excluding hydrogens is 260 g/mol. The Morgan fingerprint density at radius 3 is 3.00 bits per heavy atom. The lowest BCUT2D eigenvalue weighted by Crippen LogP contribution is -2.43. The third kappa shape index (κ3) is 1.27. The van der Waals surface area contributed by atoms with Gasteiger partial charge in [0.05, 0.1) is 6.10 Å². The molecule has 0 aliphatic heterocycles. The highest BCUT2D eigenvalue weighted by Gasteiger charge is 2.75. The van der Waals surface area contributed by atoms with Crippen molar-refractivity contribution in [3.63, 3.8) is 0 Å². The minimum atomic E-state index is -0.163. The van der Waals surface area contributed by atoms with Crippen LogP contribution in [0.2, 0.25) is 0 Å². The molecule has 1 spiro atoms. The smallest absolute Gasteiger partial charge is 0.156 e. The van der Waals surface area contributed by atoms with Crippen molar-refractivity contribution < 1.29 is 9.90 Å². The topological polar surface area (TPSA) is 37.3 Å². The van der Waals surface area contributed by atoms with Gasteiger partial charge in [0.15, 0.2) is 5.78 Å². The summed E-state index contributed by atoms with van der Waals surface area (Å²) < 4.78 is 0. The van der Waals surface area contributed by atoms with Gasteiger partial charge in [-0.25, -0.2) is 0 Å². The van der Waals surface area contributed by atoms with E-state index in [1.165, 1.54) is 29.6 Å². The maximum atomic E-state index is 11.7. The van der Waals surface area contributed by atoms with Crippen LogP contribution in [-0.2, 0) is 4.79 Å². The number of carbonyl (C=O) groups is 1. The van der Waals surface area contributed by atoms with Crippen molar-refractivity contribution in [2.45, 2.75) is 51.6 Å². The molecule has 110 valence electrons. The van der Waals surface area contributed by atoms with Crippen LogP contribution in [0.3, 0.4) is 0 Å². The van der Waals surface area contributed by atoms with Crippen LogP contribution in [0.25, 0.3) is 0 Å². The summed E-state index contributed by atoms with van der Waals surface area (Å²) in [5.74, 6) is 1.64. The SMILES string of the molecule is C[C@]12C=CC3=C4CCC(=O)C=C4CC[C@H]3[C@@]13CC3CC2O. The zero-order valence-corrected chi connectivity index (χ0v) is 12.6. The number of hydrogen-bond acceptors (Lipinski definition) is 2. The number of aliphatic hydroxyl groups is 1. The average Bonchev–Trinajstić information content (AvgIpc) is 3.12. The molecule has 2 nitrogen and oxygen atoms in total. The van der Waals surface area contributed by atoms with Crippen LogP contribution in [0.4, 0.5) is 0 Å². The lowest BCUT2D eigenvalue weighted by molar-refractivity contribution is -0.114. The van der Waals surface area contributed by atoms with Gasteiger partial charge in [0.2, 0.25) is 0 Å². The number of ketones is 1. The number of fused-ring (bicyclic) bond motifs is 2. The molecule has 2 fully saturated rings. The lowest BCUT2D eigenvalue weighted by Gasteiger charge is -2.47. The van der Waals surface area contributed by atoms with E-state index in [4.69, 9.17) is 0 Å². The standard InChI is InChI=1S/C19H22O2/c1-18-7-6-15-14-4-3-13(20)8-11(14)2-5-16(15)19(18)10-12(19)9-17(18)21/h6-8,12,16-17,21H,2-5,9-10H2,1H3/t12?,16-,17?,18-,19+/m1/s1. The molecule has 0 amide bonds. The van der Waals surface area contributed by atoms with Crippen molar-refractivity contribution in [3.8, 4) is 0 Å². The Morgan fingerprint density at radius 2 is 2.14 bits per heavy atom. The molecule has 0 aromatic rings. The summed E-state index contributed by atoms with van der Waals surface area (Å²) in [6, 6.07) is 0. The Hall–Kier alpha value is -1.15. The molecule has 5 aliphatic rings. The highest BCUT2D eigenvalue weighted by molar-refractivity contribution is 5.93. The maximum Gasteiger partial charge on any atom is 0.156 e. The van der Waals surface area contributed by atoms with Crippen molar-refractivity contribution in [1.29, 1.82) is 0 Å². The molecule has 2 saturated carbocycles. The van der Waals surface area contributed by atoms with Gasteiger partial charge < -0.3 is 5.11 Å². The molecule has 21 heavy (non-hydrogen) atoms. The lowest BCUT2D eigenvalue weighted by atomic mass is 9.57. The minimum Gasteiger partial charge on any atom is -0.392 e. The first-order chi connectivity index (χ1) is 10.1. The molecule has 5 rings (SSSR count). The summed E-state index contributed by atoms with van der Waals surface area (Å²) in [5.41, 5.74) is 4.59. The van der Waals surface area contributed by atoms with Crippen LogP contribution in [0.15, 0.2) is 34.9 Å². The van der Waals surface area contributed by atoms with E-state index in [9.17, 15) is 9.90 Å². The first-order valence-electron chi connectivity index (χ1n) is 8.40. The summed E-state index contributed by atoms with van der Waals surface area (Å²) in [7, 11) is 0. The summed E-state index contributed by atoms with van der Waals surface area (Å²) >= 11 is 0. The second-order valence-electron chi connectivity index (χ2n) is 7.97. The molecule has 0 aromatic heterocycles. The first-order valence-corrected chi connectivity index (χ1v) is 8.40. The second-order valence-corrected chi connectivity index (χ2v) is 7.97. The van der Waals surface area contributed by atoms with Gasteiger partial charge in [-0.05, 0) is 72.2 Å². The van der Waals surface area contributed by atoms with Crippen LogP contribution in [0.1, 0.15) is 45.4 Å². The summed E-state index contributed by atoms with van der Waals surface area (Å²) in [4.78, 5) is 11.7. The number of rotatable bonds is 0. The van der Waals surface area contributed by atoms with Crippen molar-refractivity contribution in [2.75, 3.05) is 0 Å². The molecule has 0 heterocycles. The summed E-state index contributed by atoms with van der Waals surface area (Å²) in [6.45, 7) is 2.28. The minimum absolute atomic E-state index is 0.0158. The Balaban J connectivity index is 1.69. The van der Waals surface area contributed by atoms with Gasteiger partial charge in [0.1, 0.15) is 0 Å². The van der Waals surface area contributed by atoms with E-state index in [1.54, 1.807) is 0 Å². The Kier molecular flexibility index (Phi) is 2.13. The Bertz CT molecular complexity index is 652. The van der Waals surface area contributed by atoms with E-state index < -0.39 is 0 Å². The van der Waals surface area contributed by atoms with E-state index in [0.717, 1.165) is 25.2 Å². The number of carbonyl (C=O) groups excluding carboxylic acids is 1. The predicted octanol–water partition coefficient (Wildman–Crippen LogP) is 3.33. The first kappa shape index (κ1) is 12.4. The quantitative estimate of drug-likeness (QED) is 0.740. The van der Waals surface area contributed by atoms with Gasteiger partial charge in [-0.1, -0.05) is 19.1 Å². The van der Waals surface area contributed by atoms with E-state index in [0.29, 0.717) is 23.5 Å². The monoisotopic (exact) mass is 282 g/mol. The van der Waals surface area contributed by atoms with Gasteiger partial charge in [-0.15, -0.1) is 0 Å². The molecule has 0 radical (unpaired) electrons. The van der Waals surface area contributed by atoms with Crippen LogP contribution < -0.4 is 0 Å².